The molecule has 1 fully saturated rings. The Balaban J connectivity index is 1.43. The van der Waals surface area contributed by atoms with E-state index in [0.29, 0.717) is 35.3 Å². The summed E-state index contributed by atoms with van der Waals surface area (Å²) in [7, 11) is 3.65. The van der Waals surface area contributed by atoms with Gasteiger partial charge in [0.2, 0.25) is 11.8 Å². The van der Waals surface area contributed by atoms with Crippen LogP contribution in [0.25, 0.3) is 16.9 Å². The third kappa shape index (κ3) is 4.66. The van der Waals surface area contributed by atoms with E-state index >= 15 is 0 Å². The Kier molecular flexibility index (Phi) is 6.13. The van der Waals surface area contributed by atoms with Gasteiger partial charge in [-0.05, 0) is 62.7 Å². The number of methoxy groups -OCH3 is 1. The first-order valence-electron chi connectivity index (χ1n) is 10.3. The zero-order valence-corrected chi connectivity index (χ0v) is 17.7. The fourth-order valence-electron chi connectivity index (χ4n) is 3.65. The molecule has 4 heterocycles. The first kappa shape index (κ1) is 20.8. The number of aromatic nitrogens is 4. The molecule has 31 heavy (non-hydrogen) atoms. The number of rotatable bonds is 6. The number of nitrogens with one attached hydrogen (secondary N) is 1. The SMILES string of the molecule is COc1cc(-c2cnn(-c3ccc(C(=O)NCC4CCN(C)CC4)cn3)c2O)ccn1. The third-order valence-electron chi connectivity index (χ3n) is 5.62. The molecule has 0 spiro atoms. The number of piperidine rings is 1. The largest absolute Gasteiger partial charge is 0.493 e. The summed E-state index contributed by atoms with van der Waals surface area (Å²) in [6, 6.07) is 6.82. The second-order valence-electron chi connectivity index (χ2n) is 7.74. The Morgan fingerprint density at radius 3 is 2.74 bits per heavy atom. The molecular weight excluding hydrogens is 396 g/mol. The van der Waals surface area contributed by atoms with Crippen molar-refractivity contribution in [2.75, 3.05) is 33.8 Å². The molecule has 162 valence electrons. The highest BCUT2D eigenvalue weighted by molar-refractivity contribution is 5.93. The Hall–Kier alpha value is -3.46. The van der Waals surface area contributed by atoms with Gasteiger partial charge in [0.05, 0.1) is 24.4 Å². The Labute approximate surface area is 180 Å². The maximum absolute atomic E-state index is 12.5. The van der Waals surface area contributed by atoms with Crippen LogP contribution in [-0.2, 0) is 0 Å². The molecule has 0 aliphatic carbocycles. The first-order chi connectivity index (χ1) is 15.0. The second-order valence-corrected chi connectivity index (χ2v) is 7.74. The number of amides is 1. The van der Waals surface area contributed by atoms with Crippen molar-refractivity contribution in [3.63, 3.8) is 0 Å². The van der Waals surface area contributed by atoms with Gasteiger partial charge in [0.25, 0.3) is 5.91 Å². The molecule has 1 aliphatic heterocycles. The van der Waals surface area contributed by atoms with Crippen LogP contribution < -0.4 is 10.1 Å². The lowest BCUT2D eigenvalue weighted by molar-refractivity contribution is 0.0938. The predicted molar refractivity (Wildman–Crippen MR) is 115 cm³/mol. The van der Waals surface area contributed by atoms with Crippen molar-refractivity contribution in [3.05, 3.63) is 48.4 Å². The van der Waals surface area contributed by atoms with Crippen molar-refractivity contribution in [1.82, 2.24) is 30.0 Å². The average molecular weight is 422 g/mol. The number of nitrogens with zero attached hydrogens (tertiary/aromatic N) is 5. The van der Waals surface area contributed by atoms with E-state index in [1.165, 1.54) is 18.0 Å². The lowest BCUT2D eigenvalue weighted by Crippen LogP contribution is -2.36. The smallest absolute Gasteiger partial charge is 0.252 e. The van der Waals surface area contributed by atoms with Gasteiger partial charge < -0.3 is 20.1 Å². The monoisotopic (exact) mass is 422 g/mol. The molecule has 3 aromatic rings. The Morgan fingerprint density at radius 2 is 2.03 bits per heavy atom. The van der Waals surface area contributed by atoms with Gasteiger partial charge in [0.15, 0.2) is 5.82 Å². The lowest BCUT2D eigenvalue weighted by Gasteiger charge is -2.28. The number of likely N-dealkylation sites (tertiary alicyclic amines) is 1. The van der Waals surface area contributed by atoms with Gasteiger partial charge in [0.1, 0.15) is 0 Å². The highest BCUT2D eigenvalue weighted by Gasteiger charge is 2.18. The van der Waals surface area contributed by atoms with Crippen LogP contribution in [0.15, 0.2) is 42.9 Å². The van der Waals surface area contributed by atoms with Crippen LogP contribution in [0.2, 0.25) is 0 Å². The van der Waals surface area contributed by atoms with E-state index < -0.39 is 0 Å². The number of hydrogen-bond acceptors (Lipinski definition) is 7. The highest BCUT2D eigenvalue weighted by Crippen LogP contribution is 2.31. The minimum absolute atomic E-state index is 0.0554. The molecule has 1 saturated heterocycles. The van der Waals surface area contributed by atoms with Gasteiger partial charge in [-0.1, -0.05) is 0 Å². The number of pyridine rings is 2. The summed E-state index contributed by atoms with van der Waals surface area (Å²) in [6.45, 7) is 2.81. The fraction of sp³-hybridized carbons (Fsp3) is 0.364. The topological polar surface area (TPSA) is 105 Å². The Morgan fingerprint density at radius 1 is 1.23 bits per heavy atom. The highest BCUT2D eigenvalue weighted by atomic mass is 16.5. The molecule has 0 saturated carbocycles. The van der Waals surface area contributed by atoms with Gasteiger partial charge in [-0.3, -0.25) is 4.79 Å². The zero-order chi connectivity index (χ0) is 21.8. The standard InChI is InChI=1S/C22H26N6O3/c1-27-9-6-15(7-10-27)12-25-21(29)17-3-4-19(24-13-17)28-22(30)18(14-26-28)16-5-8-23-20(11-16)31-2/h3-5,8,11,13-15,30H,6-7,9-10,12H2,1-2H3,(H,25,29). The van der Waals surface area contributed by atoms with E-state index in [4.69, 9.17) is 4.74 Å². The number of carbonyl (C=O) groups is 1. The van der Waals surface area contributed by atoms with Crippen LogP contribution in [0.3, 0.4) is 0 Å². The van der Waals surface area contributed by atoms with Gasteiger partial charge in [-0.2, -0.15) is 9.78 Å². The summed E-state index contributed by atoms with van der Waals surface area (Å²) in [5, 5.41) is 17.9. The zero-order valence-electron chi connectivity index (χ0n) is 17.7. The molecule has 3 aromatic heterocycles. The molecule has 0 aromatic carbocycles. The molecule has 0 bridgehead atoms. The summed E-state index contributed by atoms with van der Waals surface area (Å²) in [5.41, 5.74) is 1.73. The molecule has 9 heteroatoms. The molecule has 0 radical (unpaired) electrons. The van der Waals surface area contributed by atoms with Gasteiger partial charge in [-0.15, -0.1) is 0 Å². The molecule has 1 aliphatic rings. The molecule has 9 nitrogen and oxygen atoms in total. The molecular formula is C22H26N6O3. The summed E-state index contributed by atoms with van der Waals surface area (Å²) < 4.78 is 6.46. The number of aromatic hydroxyl groups is 1. The van der Waals surface area contributed by atoms with Crippen molar-refractivity contribution in [1.29, 1.82) is 0 Å². The molecule has 0 atom stereocenters. The van der Waals surface area contributed by atoms with Crippen LogP contribution in [0, 0.1) is 5.92 Å². The van der Waals surface area contributed by atoms with E-state index in [1.807, 2.05) is 0 Å². The summed E-state index contributed by atoms with van der Waals surface area (Å²) in [6.07, 6.45) is 6.84. The van der Waals surface area contributed by atoms with Crippen molar-refractivity contribution in [2.24, 2.45) is 5.92 Å². The quantitative estimate of drug-likeness (QED) is 0.627. The van der Waals surface area contributed by atoms with Crippen molar-refractivity contribution < 1.29 is 14.6 Å². The number of ether oxygens (including phenoxy) is 1. The van der Waals surface area contributed by atoms with Gasteiger partial charge in [-0.25, -0.2) is 9.97 Å². The fourth-order valence-corrected chi connectivity index (χ4v) is 3.65. The van der Waals surface area contributed by atoms with Crippen LogP contribution in [0.5, 0.6) is 11.8 Å². The normalized spacial score (nSPS) is 15.0. The van der Waals surface area contributed by atoms with Crippen LogP contribution >= 0.6 is 0 Å². The van der Waals surface area contributed by atoms with Crippen LogP contribution in [0.1, 0.15) is 23.2 Å². The molecule has 4 rings (SSSR count). The maximum Gasteiger partial charge on any atom is 0.252 e. The summed E-state index contributed by atoms with van der Waals surface area (Å²) in [5.74, 6) is 1.17. The molecule has 0 unspecified atom stereocenters. The summed E-state index contributed by atoms with van der Waals surface area (Å²) in [4.78, 5) is 23.2. The summed E-state index contributed by atoms with van der Waals surface area (Å²) >= 11 is 0. The van der Waals surface area contributed by atoms with Crippen molar-refractivity contribution >= 4 is 5.91 Å². The lowest BCUT2D eigenvalue weighted by atomic mass is 9.97. The number of carbonyl (C=O) groups excluding carboxylic acids is 1. The second kappa shape index (κ2) is 9.13. The van der Waals surface area contributed by atoms with Crippen LogP contribution in [-0.4, -0.2) is 69.5 Å². The van der Waals surface area contributed by atoms with Gasteiger partial charge >= 0.3 is 0 Å². The minimum Gasteiger partial charge on any atom is -0.493 e. The molecule has 2 N–H and O–H groups in total. The third-order valence-corrected chi connectivity index (χ3v) is 5.62. The van der Waals surface area contributed by atoms with Gasteiger partial charge in [0, 0.05) is 25.0 Å². The van der Waals surface area contributed by atoms with E-state index in [-0.39, 0.29) is 11.8 Å². The van der Waals surface area contributed by atoms with E-state index in [2.05, 4.69) is 32.3 Å². The Bertz CT molecular complexity index is 1040. The van der Waals surface area contributed by atoms with Crippen LogP contribution in [0.4, 0.5) is 0 Å². The van der Waals surface area contributed by atoms with Crippen molar-refractivity contribution in [2.45, 2.75) is 12.8 Å². The molecule has 1 amide bonds. The minimum atomic E-state index is -0.146. The first-order valence-corrected chi connectivity index (χ1v) is 10.3. The average Bonchev–Trinajstić information content (AvgIpc) is 3.20. The van der Waals surface area contributed by atoms with E-state index in [9.17, 15) is 9.90 Å². The van der Waals surface area contributed by atoms with Crippen molar-refractivity contribution in [3.8, 4) is 28.7 Å². The maximum atomic E-state index is 12.5. The number of hydrogen-bond donors (Lipinski definition) is 2. The predicted octanol–water partition coefficient (Wildman–Crippen LogP) is 2.12. The van der Waals surface area contributed by atoms with E-state index in [1.54, 1.807) is 36.7 Å². The van der Waals surface area contributed by atoms with E-state index in [0.717, 1.165) is 31.5 Å².